The molecule has 0 aliphatic carbocycles. The standard InChI is InChI=1S/C25H45F7O/c1-4-17-22(2,3)19-21-33-20-16-14-12-10-8-6-5-7-9-11-13-15-18-23(26,24(27,28)29)25(30,31)32/h4-21H2,1-3H3. The van der Waals surface area contributed by atoms with Gasteiger partial charge in [-0.15, -0.1) is 0 Å². The highest BCUT2D eigenvalue weighted by molar-refractivity contribution is 4.94. The second-order valence-corrected chi connectivity index (χ2v) is 10.1. The van der Waals surface area contributed by atoms with Gasteiger partial charge in [0.2, 0.25) is 0 Å². The van der Waals surface area contributed by atoms with Crippen LogP contribution in [0, 0.1) is 5.41 Å². The lowest BCUT2D eigenvalue weighted by atomic mass is 9.85. The molecule has 0 N–H and O–H groups in total. The van der Waals surface area contributed by atoms with E-state index in [1.165, 1.54) is 19.3 Å². The van der Waals surface area contributed by atoms with Crippen molar-refractivity contribution < 1.29 is 35.5 Å². The first-order valence-corrected chi connectivity index (χ1v) is 12.7. The van der Waals surface area contributed by atoms with Crippen molar-refractivity contribution in [2.75, 3.05) is 13.2 Å². The number of rotatable bonds is 20. The summed E-state index contributed by atoms with van der Waals surface area (Å²) < 4.78 is 94.0. The van der Waals surface area contributed by atoms with Gasteiger partial charge in [0.05, 0.1) is 0 Å². The largest absolute Gasteiger partial charge is 0.431 e. The Balaban J connectivity index is 3.52. The van der Waals surface area contributed by atoms with E-state index in [1.54, 1.807) is 0 Å². The summed E-state index contributed by atoms with van der Waals surface area (Å²) in [7, 11) is 0. The van der Waals surface area contributed by atoms with Crippen molar-refractivity contribution >= 4 is 0 Å². The molecule has 0 saturated carbocycles. The summed E-state index contributed by atoms with van der Waals surface area (Å²) in [6, 6.07) is 0. The lowest BCUT2D eigenvalue weighted by molar-refractivity contribution is -0.343. The summed E-state index contributed by atoms with van der Waals surface area (Å²) >= 11 is 0. The molecule has 0 fully saturated rings. The van der Waals surface area contributed by atoms with E-state index in [1.807, 2.05) is 0 Å². The molecule has 0 aromatic rings. The molecule has 0 bridgehead atoms. The van der Waals surface area contributed by atoms with Crippen LogP contribution in [0.3, 0.4) is 0 Å². The average molecular weight is 495 g/mol. The molecule has 0 radical (unpaired) electrons. The van der Waals surface area contributed by atoms with E-state index in [9.17, 15) is 30.7 Å². The number of unbranched alkanes of at least 4 members (excludes halogenated alkanes) is 11. The molecule has 33 heavy (non-hydrogen) atoms. The minimum atomic E-state index is -5.93. The number of ether oxygens (including phenoxy) is 1. The van der Waals surface area contributed by atoms with Crippen LogP contribution in [0.2, 0.25) is 0 Å². The second-order valence-electron chi connectivity index (χ2n) is 10.1. The fraction of sp³-hybridized carbons (Fsp3) is 1.00. The molecule has 0 rings (SSSR count). The van der Waals surface area contributed by atoms with Crippen molar-refractivity contribution in [3.05, 3.63) is 0 Å². The fourth-order valence-corrected chi connectivity index (χ4v) is 4.04. The number of hydrogen-bond acceptors (Lipinski definition) is 1. The van der Waals surface area contributed by atoms with Crippen molar-refractivity contribution in [2.24, 2.45) is 5.41 Å². The number of halogens is 7. The third-order valence-electron chi connectivity index (χ3n) is 6.31. The zero-order chi connectivity index (χ0) is 25.4. The zero-order valence-corrected chi connectivity index (χ0v) is 20.8. The summed E-state index contributed by atoms with van der Waals surface area (Å²) in [5, 5.41) is 0. The molecule has 0 spiro atoms. The van der Waals surface area contributed by atoms with Crippen LogP contribution < -0.4 is 0 Å². The van der Waals surface area contributed by atoms with Crippen molar-refractivity contribution in [2.45, 2.75) is 142 Å². The fourth-order valence-electron chi connectivity index (χ4n) is 4.04. The predicted molar refractivity (Wildman–Crippen MR) is 120 cm³/mol. The van der Waals surface area contributed by atoms with E-state index < -0.39 is 30.9 Å². The molecular formula is C25H45F7O. The van der Waals surface area contributed by atoms with Crippen molar-refractivity contribution in [1.82, 2.24) is 0 Å². The first-order valence-electron chi connectivity index (χ1n) is 12.7. The van der Waals surface area contributed by atoms with E-state index in [0.29, 0.717) is 11.8 Å². The van der Waals surface area contributed by atoms with E-state index in [2.05, 4.69) is 20.8 Å². The van der Waals surface area contributed by atoms with Crippen LogP contribution in [-0.4, -0.2) is 31.2 Å². The number of hydrogen-bond donors (Lipinski definition) is 0. The Bertz CT molecular complexity index is 458. The van der Waals surface area contributed by atoms with Gasteiger partial charge in [-0.05, 0) is 37.5 Å². The summed E-state index contributed by atoms with van der Waals surface area (Å²) in [4.78, 5) is 0. The third kappa shape index (κ3) is 14.5. The highest BCUT2D eigenvalue weighted by Gasteiger charge is 2.71. The smallest absolute Gasteiger partial charge is 0.381 e. The summed E-state index contributed by atoms with van der Waals surface area (Å²) in [5.41, 5.74) is -4.74. The van der Waals surface area contributed by atoms with Crippen LogP contribution >= 0.6 is 0 Å². The van der Waals surface area contributed by atoms with Gasteiger partial charge in [-0.1, -0.05) is 91.4 Å². The van der Waals surface area contributed by atoms with Crippen LogP contribution in [0.25, 0.3) is 0 Å². The van der Waals surface area contributed by atoms with Gasteiger partial charge in [0.15, 0.2) is 0 Å². The highest BCUT2D eigenvalue weighted by atomic mass is 19.4. The topological polar surface area (TPSA) is 9.23 Å². The summed E-state index contributed by atoms with van der Waals surface area (Å²) in [5.74, 6) is 0. The van der Waals surface area contributed by atoms with Crippen LogP contribution in [0.1, 0.15) is 124 Å². The molecule has 0 atom stereocenters. The van der Waals surface area contributed by atoms with Crippen LogP contribution in [0.15, 0.2) is 0 Å². The van der Waals surface area contributed by atoms with Gasteiger partial charge < -0.3 is 4.74 Å². The highest BCUT2D eigenvalue weighted by Crippen LogP contribution is 2.49. The lowest BCUT2D eigenvalue weighted by Gasteiger charge is -2.29. The molecule has 0 aliphatic rings. The van der Waals surface area contributed by atoms with Gasteiger partial charge in [-0.3, -0.25) is 0 Å². The van der Waals surface area contributed by atoms with Gasteiger partial charge >= 0.3 is 12.4 Å². The van der Waals surface area contributed by atoms with Gasteiger partial charge in [-0.2, -0.15) is 26.3 Å². The van der Waals surface area contributed by atoms with Crippen LogP contribution in [-0.2, 0) is 4.74 Å². The third-order valence-corrected chi connectivity index (χ3v) is 6.31. The molecule has 0 unspecified atom stereocenters. The first-order chi connectivity index (χ1) is 15.3. The van der Waals surface area contributed by atoms with E-state index in [4.69, 9.17) is 4.74 Å². The normalized spacial score (nSPS) is 13.6. The SMILES string of the molecule is CCCC(C)(C)CCOCCCCCCCCCCCCCCC(F)(C(F)(F)F)C(F)(F)F. The molecule has 0 saturated heterocycles. The quantitative estimate of drug-likeness (QED) is 0.121. The van der Waals surface area contributed by atoms with Crippen LogP contribution in [0.4, 0.5) is 30.7 Å². The Morgan fingerprint density at radius 3 is 1.27 bits per heavy atom. The van der Waals surface area contributed by atoms with Crippen molar-refractivity contribution in [3.63, 3.8) is 0 Å². The predicted octanol–water partition coefficient (Wildman–Crippen LogP) is 10.1. The summed E-state index contributed by atoms with van der Waals surface area (Å²) in [6.07, 6.45) is -0.148. The van der Waals surface area contributed by atoms with Gasteiger partial charge in [-0.25, -0.2) is 4.39 Å². The first kappa shape index (κ1) is 32.5. The molecule has 0 aromatic carbocycles. The Morgan fingerprint density at radius 2 is 0.879 bits per heavy atom. The maximum Gasteiger partial charge on any atom is 0.431 e. The Morgan fingerprint density at radius 1 is 0.485 bits per heavy atom. The Kier molecular flexibility index (Phi) is 15.9. The Hall–Kier alpha value is -0.530. The molecule has 0 aliphatic heterocycles. The van der Waals surface area contributed by atoms with Crippen molar-refractivity contribution in [1.29, 1.82) is 0 Å². The number of alkyl halides is 7. The Labute approximate surface area is 196 Å². The minimum absolute atomic E-state index is 0.177. The lowest BCUT2D eigenvalue weighted by Crippen LogP contribution is -2.53. The van der Waals surface area contributed by atoms with E-state index in [-0.39, 0.29) is 6.42 Å². The maximum absolute atomic E-state index is 13.5. The minimum Gasteiger partial charge on any atom is -0.381 e. The molecule has 200 valence electrons. The van der Waals surface area contributed by atoms with Gasteiger partial charge in [0.25, 0.3) is 5.67 Å². The van der Waals surface area contributed by atoms with E-state index >= 15 is 0 Å². The molecule has 0 aromatic heterocycles. The van der Waals surface area contributed by atoms with E-state index in [0.717, 1.165) is 71.0 Å². The maximum atomic E-state index is 13.5. The molecule has 1 nitrogen and oxygen atoms in total. The zero-order valence-electron chi connectivity index (χ0n) is 20.8. The molecule has 8 heteroatoms. The molecular weight excluding hydrogens is 449 g/mol. The second kappa shape index (κ2) is 16.2. The van der Waals surface area contributed by atoms with Crippen LogP contribution in [0.5, 0.6) is 0 Å². The summed E-state index contributed by atoms with van der Waals surface area (Å²) in [6.45, 7) is 8.41. The average Bonchev–Trinajstić information content (AvgIpc) is 2.68. The molecule has 0 amide bonds. The van der Waals surface area contributed by atoms with Crippen molar-refractivity contribution in [3.8, 4) is 0 Å². The molecule has 0 heterocycles. The van der Waals surface area contributed by atoms with Gasteiger partial charge in [0.1, 0.15) is 0 Å². The monoisotopic (exact) mass is 494 g/mol. The van der Waals surface area contributed by atoms with Gasteiger partial charge in [0, 0.05) is 13.2 Å².